The van der Waals surface area contributed by atoms with Gasteiger partial charge in [-0.3, -0.25) is 4.79 Å². The van der Waals surface area contributed by atoms with Gasteiger partial charge in [-0.25, -0.2) is 0 Å². The van der Waals surface area contributed by atoms with Gasteiger partial charge in [-0.1, -0.05) is 24.3 Å². The Morgan fingerprint density at radius 3 is 2.82 bits per heavy atom. The lowest BCUT2D eigenvalue weighted by Crippen LogP contribution is -2.05. The van der Waals surface area contributed by atoms with Crippen LogP contribution in [0.1, 0.15) is 31.2 Å². The van der Waals surface area contributed by atoms with Gasteiger partial charge >= 0.3 is 5.97 Å². The molecule has 0 aliphatic rings. The molecule has 0 bridgehead atoms. The van der Waals surface area contributed by atoms with Crippen molar-refractivity contribution < 1.29 is 9.53 Å². The van der Waals surface area contributed by atoms with E-state index in [1.54, 1.807) is 0 Å². The highest BCUT2D eigenvalue weighted by Gasteiger charge is 2.04. The molecule has 0 amide bonds. The Bertz CT molecular complexity index is 374. The summed E-state index contributed by atoms with van der Waals surface area (Å²) in [6.07, 6.45) is 5.21. The van der Waals surface area contributed by atoms with E-state index in [0.717, 1.165) is 28.4 Å². The third kappa shape index (κ3) is 5.86. The van der Waals surface area contributed by atoms with Gasteiger partial charge in [0.2, 0.25) is 0 Å². The molecule has 92 valence electrons. The smallest absolute Gasteiger partial charge is 0.306 e. The summed E-state index contributed by atoms with van der Waals surface area (Å²) < 4.78 is 6.35. The van der Waals surface area contributed by atoms with E-state index in [4.69, 9.17) is 4.74 Å². The summed E-state index contributed by atoms with van der Waals surface area (Å²) in [7, 11) is 0. The Morgan fingerprint density at radius 1 is 1.35 bits per heavy atom. The van der Waals surface area contributed by atoms with Gasteiger partial charge in [-0.2, -0.15) is 0 Å². The minimum Gasteiger partial charge on any atom is -0.461 e. The van der Waals surface area contributed by atoms with Crippen molar-refractivity contribution in [2.24, 2.45) is 0 Å². The number of allylic oxidation sites excluding steroid dienone is 1. The molecule has 0 aromatic heterocycles. The van der Waals surface area contributed by atoms with Crippen molar-refractivity contribution in [3.63, 3.8) is 0 Å². The molecule has 1 aromatic rings. The number of carbonyl (C=O) groups excluding carboxylic acids is 1. The number of carbonyl (C=O) groups is 1. The van der Waals surface area contributed by atoms with E-state index in [9.17, 15) is 4.79 Å². The van der Waals surface area contributed by atoms with Crippen LogP contribution in [0.4, 0.5) is 0 Å². The van der Waals surface area contributed by atoms with Crippen molar-refractivity contribution >= 4 is 28.6 Å². The second-order valence-corrected chi connectivity index (χ2v) is 4.95. The summed E-state index contributed by atoms with van der Waals surface area (Å²) >= 11 is 2.24. The van der Waals surface area contributed by atoms with Gasteiger partial charge in [-0.15, -0.1) is 6.58 Å². The molecule has 17 heavy (non-hydrogen) atoms. The molecule has 0 N–H and O–H groups in total. The van der Waals surface area contributed by atoms with Gasteiger partial charge in [0.05, 0.1) is 0 Å². The third-order valence-corrected chi connectivity index (χ3v) is 3.44. The zero-order valence-corrected chi connectivity index (χ0v) is 12.0. The zero-order chi connectivity index (χ0) is 12.5. The predicted molar refractivity (Wildman–Crippen MR) is 77.6 cm³/mol. The van der Waals surface area contributed by atoms with Crippen LogP contribution in [0.25, 0.3) is 0 Å². The normalized spacial score (nSPS) is 9.94. The number of hydrogen-bond acceptors (Lipinski definition) is 2. The second-order valence-electron chi connectivity index (χ2n) is 3.79. The molecule has 0 spiro atoms. The molecule has 3 heteroatoms. The molecule has 0 heterocycles. The molecule has 0 radical (unpaired) electrons. The maximum absolute atomic E-state index is 11.4. The van der Waals surface area contributed by atoms with Crippen LogP contribution < -0.4 is 0 Å². The molecule has 0 fully saturated rings. The van der Waals surface area contributed by atoms with E-state index in [-0.39, 0.29) is 5.97 Å². The zero-order valence-electron chi connectivity index (χ0n) is 9.82. The largest absolute Gasteiger partial charge is 0.461 e. The highest BCUT2D eigenvalue weighted by molar-refractivity contribution is 14.1. The lowest BCUT2D eigenvalue weighted by Gasteiger charge is -2.06. The summed E-state index contributed by atoms with van der Waals surface area (Å²) in [4.78, 5) is 11.4. The number of unbranched alkanes of at least 4 members (excludes halogenated alkanes) is 2. The number of benzene rings is 1. The van der Waals surface area contributed by atoms with E-state index in [1.165, 1.54) is 0 Å². The fourth-order valence-electron chi connectivity index (χ4n) is 1.40. The van der Waals surface area contributed by atoms with E-state index < -0.39 is 0 Å². The highest BCUT2D eigenvalue weighted by Crippen LogP contribution is 2.13. The van der Waals surface area contributed by atoms with Crippen molar-refractivity contribution in [3.8, 4) is 0 Å². The van der Waals surface area contributed by atoms with Crippen molar-refractivity contribution in [3.05, 3.63) is 46.1 Å². The fraction of sp³-hybridized carbons (Fsp3) is 0.357. The van der Waals surface area contributed by atoms with Crippen LogP contribution in [-0.2, 0) is 16.1 Å². The summed E-state index contributed by atoms with van der Waals surface area (Å²) in [6, 6.07) is 7.92. The molecule has 0 aliphatic carbocycles. The van der Waals surface area contributed by atoms with Crippen LogP contribution in [0.3, 0.4) is 0 Å². The van der Waals surface area contributed by atoms with Gasteiger partial charge < -0.3 is 4.74 Å². The first-order chi connectivity index (χ1) is 8.24. The van der Waals surface area contributed by atoms with Gasteiger partial charge in [0, 0.05) is 15.6 Å². The molecule has 0 atom stereocenters. The number of hydrogen-bond donors (Lipinski definition) is 0. The monoisotopic (exact) mass is 344 g/mol. The highest BCUT2D eigenvalue weighted by atomic mass is 127. The molecule has 2 nitrogen and oxygen atoms in total. The van der Waals surface area contributed by atoms with Crippen molar-refractivity contribution in [1.82, 2.24) is 0 Å². The Labute approximate surface area is 116 Å². The van der Waals surface area contributed by atoms with Gasteiger partial charge in [0.15, 0.2) is 0 Å². The molecule has 1 aromatic carbocycles. The molecular weight excluding hydrogens is 327 g/mol. The Morgan fingerprint density at radius 2 is 2.12 bits per heavy atom. The summed E-state index contributed by atoms with van der Waals surface area (Å²) in [5.74, 6) is -0.117. The number of esters is 1. The molecular formula is C14H17IO2. The summed E-state index contributed by atoms with van der Waals surface area (Å²) in [5.41, 5.74) is 1.06. The first kappa shape index (κ1) is 14.2. The lowest BCUT2D eigenvalue weighted by molar-refractivity contribution is -0.145. The fourth-order valence-corrected chi connectivity index (χ4v) is 1.95. The Balaban J connectivity index is 2.24. The second kappa shape index (κ2) is 8.28. The molecule has 0 saturated heterocycles. The molecule has 0 saturated carbocycles. The van der Waals surface area contributed by atoms with Crippen molar-refractivity contribution in [1.29, 1.82) is 0 Å². The van der Waals surface area contributed by atoms with Gasteiger partial charge in [0.25, 0.3) is 0 Å². The van der Waals surface area contributed by atoms with E-state index in [0.29, 0.717) is 13.0 Å². The molecule has 0 aliphatic heterocycles. The van der Waals surface area contributed by atoms with Crippen LogP contribution in [0.15, 0.2) is 36.9 Å². The van der Waals surface area contributed by atoms with Crippen molar-refractivity contribution in [2.75, 3.05) is 0 Å². The summed E-state index contributed by atoms with van der Waals surface area (Å²) in [5, 5.41) is 0. The maximum atomic E-state index is 11.4. The van der Waals surface area contributed by atoms with Crippen LogP contribution in [0.5, 0.6) is 0 Å². The van der Waals surface area contributed by atoms with E-state index >= 15 is 0 Å². The quantitative estimate of drug-likeness (QED) is 0.322. The molecule has 1 rings (SSSR count). The van der Waals surface area contributed by atoms with Crippen LogP contribution in [0.2, 0.25) is 0 Å². The number of ether oxygens (including phenoxy) is 1. The minimum absolute atomic E-state index is 0.117. The minimum atomic E-state index is -0.117. The first-order valence-corrected chi connectivity index (χ1v) is 6.82. The number of halogens is 1. The van der Waals surface area contributed by atoms with Gasteiger partial charge in [0.1, 0.15) is 6.61 Å². The standard InChI is InChI=1S/C14H17IO2/c1-2-3-4-5-10-14(16)17-11-12-8-6-7-9-13(12)15/h2,6-9H,1,3-5,10-11H2. The number of rotatable bonds is 7. The van der Waals surface area contributed by atoms with E-state index in [1.807, 2.05) is 30.3 Å². The Hall–Kier alpha value is -0.840. The van der Waals surface area contributed by atoms with E-state index in [2.05, 4.69) is 29.2 Å². The Kier molecular flexibility index (Phi) is 6.93. The first-order valence-electron chi connectivity index (χ1n) is 5.74. The molecule has 0 unspecified atom stereocenters. The third-order valence-electron chi connectivity index (χ3n) is 2.39. The van der Waals surface area contributed by atoms with Gasteiger partial charge in [-0.05, 0) is 47.9 Å². The average Bonchev–Trinajstić information content (AvgIpc) is 2.34. The van der Waals surface area contributed by atoms with Crippen LogP contribution >= 0.6 is 22.6 Å². The predicted octanol–water partition coefficient (Wildman–Crippen LogP) is 4.08. The van der Waals surface area contributed by atoms with Crippen LogP contribution in [0, 0.1) is 3.57 Å². The lowest BCUT2D eigenvalue weighted by atomic mass is 10.2. The van der Waals surface area contributed by atoms with Crippen LogP contribution in [-0.4, -0.2) is 5.97 Å². The maximum Gasteiger partial charge on any atom is 0.306 e. The average molecular weight is 344 g/mol. The van der Waals surface area contributed by atoms with Crippen molar-refractivity contribution in [2.45, 2.75) is 32.3 Å². The topological polar surface area (TPSA) is 26.3 Å². The summed E-state index contributed by atoms with van der Waals surface area (Å²) in [6.45, 7) is 4.02. The SMILES string of the molecule is C=CCCCCC(=O)OCc1ccccc1I.